The van der Waals surface area contributed by atoms with Crippen molar-refractivity contribution in [1.29, 1.82) is 0 Å². The standard InChI is InChI=1S/C29H31NO4/c1-2-3-4-5-6-7-10-17-30-29(33)21-15-13-20(14-16-21)28-27(32)26(31)24-18-22-11-8-9-12-23(22)19-25(24)34-28/h8-9,11-16,18-19,32H,2-7,10,17H2,1H3,(H,30,33). The summed E-state index contributed by atoms with van der Waals surface area (Å²) in [6.07, 6.45) is 8.40. The number of carbonyl (C=O) groups is 1. The van der Waals surface area contributed by atoms with Gasteiger partial charge < -0.3 is 14.8 Å². The van der Waals surface area contributed by atoms with Crippen LogP contribution in [0.15, 0.2) is 69.9 Å². The molecule has 34 heavy (non-hydrogen) atoms. The van der Waals surface area contributed by atoms with Crippen molar-refractivity contribution in [1.82, 2.24) is 5.32 Å². The van der Waals surface area contributed by atoms with Crippen LogP contribution in [0.5, 0.6) is 5.75 Å². The van der Waals surface area contributed by atoms with Crippen molar-refractivity contribution >= 4 is 27.6 Å². The second-order valence-electron chi connectivity index (χ2n) is 8.76. The summed E-state index contributed by atoms with van der Waals surface area (Å²) in [6, 6.07) is 18.0. The minimum Gasteiger partial charge on any atom is -0.502 e. The molecule has 0 saturated carbocycles. The van der Waals surface area contributed by atoms with Gasteiger partial charge in [-0.15, -0.1) is 0 Å². The van der Waals surface area contributed by atoms with E-state index in [1.54, 1.807) is 36.4 Å². The molecule has 0 saturated heterocycles. The first-order valence-corrected chi connectivity index (χ1v) is 12.2. The zero-order chi connectivity index (χ0) is 23.9. The average Bonchev–Trinajstić information content (AvgIpc) is 2.87. The van der Waals surface area contributed by atoms with Crippen LogP contribution in [0, 0.1) is 0 Å². The normalized spacial score (nSPS) is 11.2. The molecule has 176 valence electrons. The van der Waals surface area contributed by atoms with E-state index in [2.05, 4.69) is 12.2 Å². The first-order valence-electron chi connectivity index (χ1n) is 12.2. The monoisotopic (exact) mass is 457 g/mol. The van der Waals surface area contributed by atoms with E-state index in [4.69, 9.17) is 4.42 Å². The Morgan fingerprint density at radius 2 is 1.53 bits per heavy atom. The number of hydrogen-bond donors (Lipinski definition) is 2. The zero-order valence-electron chi connectivity index (χ0n) is 19.6. The summed E-state index contributed by atoms with van der Waals surface area (Å²) in [6.45, 7) is 2.87. The van der Waals surface area contributed by atoms with Gasteiger partial charge in [-0.2, -0.15) is 0 Å². The molecule has 1 amide bonds. The maximum Gasteiger partial charge on any atom is 0.251 e. The van der Waals surface area contributed by atoms with Crippen LogP contribution in [0.4, 0.5) is 0 Å². The van der Waals surface area contributed by atoms with Gasteiger partial charge in [-0.3, -0.25) is 9.59 Å². The quantitative estimate of drug-likeness (QED) is 0.203. The number of carbonyl (C=O) groups excluding carboxylic acids is 1. The summed E-state index contributed by atoms with van der Waals surface area (Å²) in [5.74, 6) is -0.463. The van der Waals surface area contributed by atoms with E-state index < -0.39 is 11.2 Å². The van der Waals surface area contributed by atoms with E-state index in [9.17, 15) is 14.7 Å². The Kier molecular flexibility index (Phi) is 7.63. The molecule has 3 aromatic carbocycles. The van der Waals surface area contributed by atoms with Gasteiger partial charge in [0.15, 0.2) is 5.76 Å². The maximum absolute atomic E-state index is 12.8. The molecule has 0 bridgehead atoms. The summed E-state index contributed by atoms with van der Waals surface area (Å²) in [5.41, 5.74) is 1.00. The highest BCUT2D eigenvalue weighted by atomic mass is 16.4. The average molecular weight is 458 g/mol. The van der Waals surface area contributed by atoms with Gasteiger partial charge in [0.2, 0.25) is 11.2 Å². The van der Waals surface area contributed by atoms with Gasteiger partial charge in [-0.05, 0) is 41.5 Å². The SMILES string of the molecule is CCCCCCCCCNC(=O)c1ccc(-c2oc3cc4ccccc4cc3c(=O)c2O)cc1. The van der Waals surface area contributed by atoms with E-state index in [0.29, 0.717) is 28.6 Å². The Hall–Kier alpha value is -3.60. The van der Waals surface area contributed by atoms with Crippen LogP contribution in [0.3, 0.4) is 0 Å². The molecule has 4 rings (SSSR count). The number of benzene rings is 3. The molecule has 0 radical (unpaired) electrons. The fraction of sp³-hybridized carbons (Fsp3) is 0.310. The second-order valence-corrected chi connectivity index (χ2v) is 8.76. The lowest BCUT2D eigenvalue weighted by atomic mass is 10.0. The predicted molar refractivity (Wildman–Crippen MR) is 137 cm³/mol. The minimum atomic E-state index is -0.474. The number of amides is 1. The van der Waals surface area contributed by atoms with Gasteiger partial charge in [-0.1, -0.05) is 81.8 Å². The molecule has 1 heterocycles. The maximum atomic E-state index is 12.8. The van der Waals surface area contributed by atoms with Gasteiger partial charge >= 0.3 is 0 Å². The highest BCUT2D eigenvalue weighted by Crippen LogP contribution is 2.31. The van der Waals surface area contributed by atoms with E-state index in [1.807, 2.05) is 24.3 Å². The second kappa shape index (κ2) is 11.0. The van der Waals surface area contributed by atoms with Crippen molar-refractivity contribution in [2.24, 2.45) is 0 Å². The smallest absolute Gasteiger partial charge is 0.251 e. The summed E-state index contributed by atoms with van der Waals surface area (Å²) in [5, 5.41) is 15.7. The van der Waals surface area contributed by atoms with Crippen LogP contribution in [0.2, 0.25) is 0 Å². The molecular formula is C29H31NO4. The van der Waals surface area contributed by atoms with Crippen LogP contribution in [-0.2, 0) is 0 Å². The van der Waals surface area contributed by atoms with Crippen molar-refractivity contribution < 1.29 is 14.3 Å². The number of hydrogen-bond acceptors (Lipinski definition) is 4. The number of aromatic hydroxyl groups is 1. The lowest BCUT2D eigenvalue weighted by molar-refractivity contribution is 0.0953. The fourth-order valence-corrected chi connectivity index (χ4v) is 4.22. The lowest BCUT2D eigenvalue weighted by Gasteiger charge is -2.09. The molecule has 0 spiro atoms. The van der Waals surface area contributed by atoms with Gasteiger partial charge in [0.25, 0.3) is 5.91 Å². The van der Waals surface area contributed by atoms with E-state index in [0.717, 1.165) is 23.6 Å². The number of unbranched alkanes of at least 4 members (excludes halogenated alkanes) is 6. The van der Waals surface area contributed by atoms with Crippen LogP contribution in [0.1, 0.15) is 62.2 Å². The third-order valence-electron chi connectivity index (χ3n) is 6.21. The van der Waals surface area contributed by atoms with Crippen LogP contribution in [0.25, 0.3) is 33.1 Å². The van der Waals surface area contributed by atoms with Gasteiger partial charge in [0.1, 0.15) is 5.58 Å². The largest absolute Gasteiger partial charge is 0.502 e. The van der Waals surface area contributed by atoms with E-state index in [-0.39, 0.29) is 11.7 Å². The van der Waals surface area contributed by atoms with Crippen LogP contribution >= 0.6 is 0 Å². The molecular weight excluding hydrogens is 426 g/mol. The van der Waals surface area contributed by atoms with Gasteiger partial charge in [0.05, 0.1) is 5.39 Å². The minimum absolute atomic E-state index is 0.0998. The molecule has 0 unspecified atom stereocenters. The summed E-state index contributed by atoms with van der Waals surface area (Å²) < 4.78 is 5.94. The first kappa shape index (κ1) is 23.6. The topological polar surface area (TPSA) is 79.5 Å². The van der Waals surface area contributed by atoms with E-state index in [1.165, 1.54) is 32.1 Å². The molecule has 2 N–H and O–H groups in total. The molecule has 0 atom stereocenters. The summed E-state index contributed by atoms with van der Waals surface area (Å²) >= 11 is 0. The molecule has 0 aliphatic heterocycles. The predicted octanol–water partition coefficient (Wildman–Crippen LogP) is 6.80. The third kappa shape index (κ3) is 5.30. The Morgan fingerprint density at radius 1 is 0.882 bits per heavy atom. The van der Waals surface area contributed by atoms with Gasteiger partial charge in [0, 0.05) is 17.7 Å². The zero-order valence-corrected chi connectivity index (χ0v) is 19.6. The van der Waals surface area contributed by atoms with Crippen LogP contribution in [-0.4, -0.2) is 17.6 Å². The molecule has 0 aliphatic rings. The number of fused-ring (bicyclic) bond motifs is 2. The molecule has 5 nitrogen and oxygen atoms in total. The van der Waals surface area contributed by atoms with Crippen molar-refractivity contribution in [2.45, 2.75) is 51.9 Å². The first-order chi connectivity index (χ1) is 16.6. The molecule has 4 aromatic rings. The summed E-state index contributed by atoms with van der Waals surface area (Å²) in [4.78, 5) is 25.3. The number of rotatable bonds is 10. The molecule has 0 aliphatic carbocycles. The third-order valence-corrected chi connectivity index (χ3v) is 6.21. The van der Waals surface area contributed by atoms with Gasteiger partial charge in [-0.25, -0.2) is 0 Å². The molecule has 1 aromatic heterocycles. The number of nitrogens with one attached hydrogen (secondary N) is 1. The molecule has 0 fully saturated rings. The van der Waals surface area contributed by atoms with Crippen molar-refractivity contribution in [3.8, 4) is 17.1 Å². The van der Waals surface area contributed by atoms with E-state index >= 15 is 0 Å². The Bertz CT molecular complexity index is 1340. The Balaban J connectivity index is 1.44. The highest BCUT2D eigenvalue weighted by Gasteiger charge is 2.16. The van der Waals surface area contributed by atoms with Crippen molar-refractivity contribution in [3.05, 3.63) is 76.5 Å². The Labute approximate surface area is 199 Å². The Morgan fingerprint density at radius 3 is 2.24 bits per heavy atom. The van der Waals surface area contributed by atoms with Crippen molar-refractivity contribution in [3.63, 3.8) is 0 Å². The fourth-order valence-electron chi connectivity index (χ4n) is 4.22. The highest BCUT2D eigenvalue weighted by molar-refractivity contribution is 5.97. The summed E-state index contributed by atoms with van der Waals surface area (Å²) in [7, 11) is 0. The lowest BCUT2D eigenvalue weighted by Crippen LogP contribution is -2.24. The molecule has 5 heteroatoms. The van der Waals surface area contributed by atoms with Crippen molar-refractivity contribution in [2.75, 3.05) is 6.54 Å². The van der Waals surface area contributed by atoms with Crippen LogP contribution < -0.4 is 10.7 Å².